The molecule has 0 saturated heterocycles. The van der Waals surface area contributed by atoms with Crippen LogP contribution in [0.15, 0.2) is 51.7 Å². The molecule has 1 aromatic carbocycles. The highest BCUT2D eigenvalue weighted by Gasteiger charge is 2.18. The number of benzene rings is 1. The lowest BCUT2D eigenvalue weighted by molar-refractivity contribution is 0.486. The number of halogens is 1. The number of rotatable bonds is 3. The van der Waals surface area contributed by atoms with Gasteiger partial charge in [0.2, 0.25) is 0 Å². The smallest absolute Gasteiger partial charge is 0.152 e. The summed E-state index contributed by atoms with van der Waals surface area (Å²) in [6, 6.07) is 9.59. The van der Waals surface area contributed by atoms with Crippen LogP contribution >= 0.6 is 11.6 Å². The highest BCUT2D eigenvalue weighted by atomic mass is 35.5. The minimum absolute atomic E-state index is 0.0350. The largest absolute Gasteiger partial charge is 0.472 e. The van der Waals surface area contributed by atoms with Crippen molar-refractivity contribution in [2.45, 2.75) is 6.04 Å². The standard InChI is InChI=1S/C14H12ClNO2/c1-16-13(10-5-6-17-8-10)12-7-9-3-2-4-11(15)14(9)18-12/h2-8,13,16H,1H3. The second kappa shape index (κ2) is 4.52. The molecule has 18 heavy (non-hydrogen) atoms. The Bertz CT molecular complexity index is 658. The molecule has 0 amide bonds. The molecule has 0 aliphatic heterocycles. The van der Waals surface area contributed by atoms with Gasteiger partial charge in [0.1, 0.15) is 5.76 Å². The Kier molecular flexibility index (Phi) is 2.86. The first kappa shape index (κ1) is 11.4. The Morgan fingerprint density at radius 3 is 2.83 bits per heavy atom. The average molecular weight is 262 g/mol. The van der Waals surface area contributed by atoms with E-state index < -0.39 is 0 Å². The predicted molar refractivity (Wildman–Crippen MR) is 70.8 cm³/mol. The summed E-state index contributed by atoms with van der Waals surface area (Å²) in [6.45, 7) is 0. The number of hydrogen-bond acceptors (Lipinski definition) is 3. The first-order chi connectivity index (χ1) is 8.79. The number of hydrogen-bond donors (Lipinski definition) is 1. The SMILES string of the molecule is CNC(c1ccoc1)c1cc2cccc(Cl)c2o1. The van der Waals surface area contributed by atoms with Crippen molar-refractivity contribution in [3.05, 3.63) is 59.2 Å². The fourth-order valence-corrected chi connectivity index (χ4v) is 2.32. The van der Waals surface area contributed by atoms with Crippen LogP contribution < -0.4 is 5.32 Å². The van der Waals surface area contributed by atoms with Gasteiger partial charge in [0, 0.05) is 10.9 Å². The van der Waals surface area contributed by atoms with Gasteiger partial charge in [-0.15, -0.1) is 0 Å². The number of fused-ring (bicyclic) bond motifs is 1. The number of furan rings is 2. The zero-order valence-electron chi connectivity index (χ0n) is 9.81. The van der Waals surface area contributed by atoms with Crippen LogP contribution in [0.1, 0.15) is 17.4 Å². The second-order valence-corrected chi connectivity index (χ2v) is 4.49. The maximum absolute atomic E-state index is 6.11. The molecule has 3 nitrogen and oxygen atoms in total. The van der Waals surface area contributed by atoms with E-state index in [2.05, 4.69) is 5.32 Å². The third kappa shape index (κ3) is 1.82. The topological polar surface area (TPSA) is 38.3 Å². The average Bonchev–Trinajstić information content (AvgIpc) is 3.00. The van der Waals surface area contributed by atoms with E-state index >= 15 is 0 Å². The summed E-state index contributed by atoms with van der Waals surface area (Å²) in [5.41, 5.74) is 1.74. The van der Waals surface area contributed by atoms with E-state index in [0.717, 1.165) is 22.3 Å². The number of nitrogens with one attached hydrogen (secondary N) is 1. The molecule has 3 aromatic rings. The lowest BCUT2D eigenvalue weighted by Gasteiger charge is -2.10. The van der Waals surface area contributed by atoms with Gasteiger partial charge in [-0.05, 0) is 25.2 Å². The summed E-state index contributed by atoms with van der Waals surface area (Å²) in [6.07, 6.45) is 3.35. The van der Waals surface area contributed by atoms with Crippen LogP contribution in [0.4, 0.5) is 0 Å². The van der Waals surface area contributed by atoms with E-state index in [1.165, 1.54) is 0 Å². The van der Waals surface area contributed by atoms with Crippen LogP contribution in [-0.4, -0.2) is 7.05 Å². The highest BCUT2D eigenvalue weighted by Crippen LogP contribution is 2.31. The Hall–Kier alpha value is -1.71. The molecule has 3 rings (SSSR count). The normalized spacial score (nSPS) is 13.0. The quantitative estimate of drug-likeness (QED) is 0.775. The minimum Gasteiger partial charge on any atom is -0.472 e. The van der Waals surface area contributed by atoms with Gasteiger partial charge >= 0.3 is 0 Å². The molecule has 4 heteroatoms. The molecule has 0 saturated carbocycles. The molecule has 2 heterocycles. The molecule has 1 N–H and O–H groups in total. The fourth-order valence-electron chi connectivity index (χ4n) is 2.10. The summed E-state index contributed by atoms with van der Waals surface area (Å²) in [7, 11) is 1.88. The van der Waals surface area contributed by atoms with E-state index in [0.29, 0.717) is 5.02 Å². The van der Waals surface area contributed by atoms with E-state index in [1.54, 1.807) is 12.5 Å². The minimum atomic E-state index is -0.0350. The van der Waals surface area contributed by atoms with Crippen molar-refractivity contribution >= 4 is 22.6 Å². The molecule has 0 fully saturated rings. The molecular formula is C14H12ClNO2. The van der Waals surface area contributed by atoms with E-state index in [4.69, 9.17) is 20.4 Å². The van der Waals surface area contributed by atoms with Crippen LogP contribution in [0, 0.1) is 0 Å². The summed E-state index contributed by atoms with van der Waals surface area (Å²) in [5, 5.41) is 4.83. The lowest BCUT2D eigenvalue weighted by atomic mass is 10.1. The Morgan fingerprint density at radius 2 is 2.17 bits per heavy atom. The number of para-hydroxylation sites is 1. The van der Waals surface area contributed by atoms with Gasteiger partial charge < -0.3 is 14.2 Å². The molecule has 0 aliphatic carbocycles. The van der Waals surface area contributed by atoms with Crippen molar-refractivity contribution in [2.24, 2.45) is 0 Å². The van der Waals surface area contributed by atoms with Gasteiger partial charge in [-0.2, -0.15) is 0 Å². The van der Waals surface area contributed by atoms with E-state index in [1.807, 2.05) is 37.4 Å². The van der Waals surface area contributed by atoms with Crippen LogP contribution in [0.5, 0.6) is 0 Å². The summed E-state index contributed by atoms with van der Waals surface area (Å²) < 4.78 is 10.9. The van der Waals surface area contributed by atoms with Crippen LogP contribution in [-0.2, 0) is 0 Å². The molecule has 0 spiro atoms. The van der Waals surface area contributed by atoms with Crippen LogP contribution in [0.2, 0.25) is 5.02 Å². The summed E-state index contributed by atoms with van der Waals surface area (Å²) in [5.74, 6) is 0.821. The first-order valence-corrected chi connectivity index (χ1v) is 6.04. The van der Waals surface area contributed by atoms with Gasteiger partial charge in [-0.1, -0.05) is 23.7 Å². The molecule has 1 atom stereocenters. The zero-order valence-corrected chi connectivity index (χ0v) is 10.6. The van der Waals surface area contributed by atoms with Gasteiger partial charge in [0.15, 0.2) is 5.58 Å². The molecule has 2 aromatic heterocycles. The van der Waals surface area contributed by atoms with Crippen molar-refractivity contribution in [3.8, 4) is 0 Å². The van der Waals surface area contributed by atoms with Crippen molar-refractivity contribution in [3.63, 3.8) is 0 Å². The van der Waals surface area contributed by atoms with Gasteiger partial charge in [0.25, 0.3) is 0 Å². The van der Waals surface area contributed by atoms with Crippen molar-refractivity contribution < 1.29 is 8.83 Å². The van der Waals surface area contributed by atoms with Gasteiger partial charge in [0.05, 0.1) is 23.6 Å². The highest BCUT2D eigenvalue weighted by molar-refractivity contribution is 6.34. The van der Waals surface area contributed by atoms with Crippen LogP contribution in [0.3, 0.4) is 0 Å². The van der Waals surface area contributed by atoms with E-state index in [-0.39, 0.29) is 6.04 Å². The van der Waals surface area contributed by atoms with Crippen LogP contribution in [0.25, 0.3) is 11.0 Å². The monoisotopic (exact) mass is 261 g/mol. The van der Waals surface area contributed by atoms with Gasteiger partial charge in [-0.3, -0.25) is 0 Å². The maximum Gasteiger partial charge on any atom is 0.152 e. The van der Waals surface area contributed by atoms with E-state index in [9.17, 15) is 0 Å². The molecule has 0 aliphatic rings. The summed E-state index contributed by atoms with van der Waals surface area (Å²) >= 11 is 6.11. The van der Waals surface area contributed by atoms with Crippen molar-refractivity contribution in [1.82, 2.24) is 5.32 Å². The third-order valence-corrected chi connectivity index (χ3v) is 3.26. The Morgan fingerprint density at radius 1 is 1.28 bits per heavy atom. The fraction of sp³-hybridized carbons (Fsp3) is 0.143. The molecule has 1 unspecified atom stereocenters. The molecule has 0 radical (unpaired) electrons. The first-order valence-electron chi connectivity index (χ1n) is 5.67. The summed E-state index contributed by atoms with van der Waals surface area (Å²) in [4.78, 5) is 0. The Balaban J connectivity index is 2.11. The molecule has 0 bridgehead atoms. The predicted octanol–water partition coefficient (Wildman–Crippen LogP) is 3.99. The van der Waals surface area contributed by atoms with Gasteiger partial charge in [-0.25, -0.2) is 0 Å². The molecular weight excluding hydrogens is 250 g/mol. The Labute approximate surface area is 109 Å². The third-order valence-electron chi connectivity index (χ3n) is 2.96. The maximum atomic E-state index is 6.11. The van der Waals surface area contributed by atoms with Crippen molar-refractivity contribution in [2.75, 3.05) is 7.05 Å². The zero-order chi connectivity index (χ0) is 12.5. The van der Waals surface area contributed by atoms with Crippen molar-refractivity contribution in [1.29, 1.82) is 0 Å². The lowest BCUT2D eigenvalue weighted by Crippen LogP contribution is -2.16. The second-order valence-electron chi connectivity index (χ2n) is 4.09. The molecule has 92 valence electrons.